The summed E-state index contributed by atoms with van der Waals surface area (Å²) in [6, 6.07) is 4.08. The van der Waals surface area contributed by atoms with E-state index in [4.69, 9.17) is 4.42 Å². The molecule has 1 aliphatic heterocycles. The van der Waals surface area contributed by atoms with E-state index in [0.29, 0.717) is 30.7 Å². The third-order valence-corrected chi connectivity index (χ3v) is 5.97. The molecular weight excluding hydrogens is 348 g/mol. The lowest BCUT2D eigenvalue weighted by Crippen LogP contribution is -2.53. The van der Waals surface area contributed by atoms with Crippen LogP contribution < -0.4 is 11.1 Å². The summed E-state index contributed by atoms with van der Waals surface area (Å²) in [5.74, 6) is -0.628. The van der Waals surface area contributed by atoms with E-state index in [9.17, 15) is 18.0 Å². The fourth-order valence-corrected chi connectivity index (χ4v) is 4.16. The minimum absolute atomic E-state index is 0.0842. The molecule has 1 aromatic carbocycles. The number of amides is 2. The number of hydrogen-bond acceptors (Lipinski definition) is 5. The number of sulfonamides is 1. The summed E-state index contributed by atoms with van der Waals surface area (Å²) >= 11 is 0. The SMILES string of the molecule is CCCNC(=O)N1CCN(S(=O)(=O)c2ccc3oc(=O)[nH]c3c2)CC1. The zero-order valence-electron chi connectivity index (χ0n) is 13.8. The van der Waals surface area contributed by atoms with Crippen molar-refractivity contribution in [2.45, 2.75) is 18.2 Å². The molecule has 9 nitrogen and oxygen atoms in total. The van der Waals surface area contributed by atoms with Crippen LogP contribution in [0.1, 0.15) is 13.3 Å². The van der Waals surface area contributed by atoms with Gasteiger partial charge in [0.15, 0.2) is 5.58 Å². The van der Waals surface area contributed by atoms with Crippen LogP contribution in [0.25, 0.3) is 11.1 Å². The molecular formula is C15H20N4O5S. The highest BCUT2D eigenvalue weighted by atomic mass is 32.2. The van der Waals surface area contributed by atoms with Gasteiger partial charge in [0.25, 0.3) is 0 Å². The van der Waals surface area contributed by atoms with Gasteiger partial charge in [0.05, 0.1) is 10.4 Å². The number of rotatable bonds is 4. The molecule has 0 radical (unpaired) electrons. The molecule has 3 rings (SSSR count). The predicted molar refractivity (Wildman–Crippen MR) is 90.9 cm³/mol. The van der Waals surface area contributed by atoms with E-state index in [1.165, 1.54) is 22.5 Å². The molecule has 1 aromatic heterocycles. The first-order chi connectivity index (χ1) is 11.9. The van der Waals surface area contributed by atoms with Gasteiger partial charge >= 0.3 is 11.8 Å². The number of benzene rings is 1. The van der Waals surface area contributed by atoms with E-state index in [2.05, 4.69) is 10.3 Å². The van der Waals surface area contributed by atoms with Crippen molar-refractivity contribution in [3.63, 3.8) is 0 Å². The quantitative estimate of drug-likeness (QED) is 0.817. The summed E-state index contributed by atoms with van der Waals surface area (Å²) in [6.45, 7) is 3.68. The first-order valence-corrected chi connectivity index (χ1v) is 9.51. The number of aromatic amines is 1. The van der Waals surface area contributed by atoms with E-state index in [1.54, 1.807) is 4.90 Å². The lowest BCUT2D eigenvalue weighted by molar-refractivity contribution is 0.172. The summed E-state index contributed by atoms with van der Waals surface area (Å²) in [7, 11) is -3.70. The Kier molecular flexibility index (Phi) is 4.82. The summed E-state index contributed by atoms with van der Waals surface area (Å²) < 4.78 is 31.8. The monoisotopic (exact) mass is 368 g/mol. The number of oxazole rings is 1. The Bertz CT molecular complexity index is 925. The largest absolute Gasteiger partial charge is 0.417 e. The van der Waals surface area contributed by atoms with Crippen molar-refractivity contribution in [1.29, 1.82) is 0 Å². The number of carbonyl (C=O) groups is 1. The van der Waals surface area contributed by atoms with Crippen LogP contribution in [0.4, 0.5) is 4.79 Å². The van der Waals surface area contributed by atoms with Gasteiger partial charge in [-0.25, -0.2) is 18.0 Å². The van der Waals surface area contributed by atoms with Gasteiger partial charge in [0.2, 0.25) is 10.0 Å². The standard InChI is InChI=1S/C15H20N4O5S/c1-2-5-16-14(20)18-6-8-19(9-7-18)25(22,23)11-3-4-13-12(10-11)17-15(21)24-13/h3-4,10H,2,5-9H2,1H3,(H,16,20)(H,17,21). The van der Waals surface area contributed by atoms with E-state index < -0.39 is 15.8 Å². The third-order valence-electron chi connectivity index (χ3n) is 4.08. The lowest BCUT2D eigenvalue weighted by Gasteiger charge is -2.33. The molecule has 10 heteroatoms. The lowest BCUT2D eigenvalue weighted by atomic mass is 10.3. The van der Waals surface area contributed by atoms with Gasteiger partial charge in [-0.15, -0.1) is 0 Å². The number of nitrogens with zero attached hydrogens (tertiary/aromatic N) is 2. The normalized spacial score (nSPS) is 16.3. The average molecular weight is 368 g/mol. The van der Waals surface area contributed by atoms with Crippen LogP contribution in [0.5, 0.6) is 0 Å². The van der Waals surface area contributed by atoms with Crippen molar-refractivity contribution < 1.29 is 17.6 Å². The number of aromatic nitrogens is 1. The Morgan fingerprint density at radius 1 is 1.28 bits per heavy atom. The zero-order chi connectivity index (χ0) is 18.0. The maximum absolute atomic E-state index is 12.8. The number of fused-ring (bicyclic) bond motifs is 1. The minimum atomic E-state index is -3.70. The molecule has 0 aliphatic carbocycles. The van der Waals surface area contributed by atoms with Gasteiger partial charge in [-0.05, 0) is 24.6 Å². The predicted octanol–water partition coefficient (Wildman–Crippen LogP) is 0.547. The molecule has 1 saturated heterocycles. The summed E-state index contributed by atoms with van der Waals surface area (Å²) in [5, 5.41) is 2.78. The van der Waals surface area contributed by atoms with Crippen LogP contribution in [0.3, 0.4) is 0 Å². The number of carbonyl (C=O) groups excluding carboxylic acids is 1. The molecule has 1 aliphatic rings. The van der Waals surface area contributed by atoms with Gasteiger partial charge in [0, 0.05) is 32.7 Å². The molecule has 0 bridgehead atoms. The zero-order valence-corrected chi connectivity index (χ0v) is 14.6. The van der Waals surface area contributed by atoms with Gasteiger partial charge in [0.1, 0.15) is 0 Å². The first kappa shape index (κ1) is 17.5. The average Bonchev–Trinajstić information content (AvgIpc) is 2.98. The second-order valence-electron chi connectivity index (χ2n) is 5.80. The Labute approximate surface area is 144 Å². The summed E-state index contributed by atoms with van der Waals surface area (Å²) in [5.41, 5.74) is 0.644. The molecule has 0 saturated carbocycles. The maximum atomic E-state index is 12.8. The Morgan fingerprint density at radius 2 is 2.00 bits per heavy atom. The van der Waals surface area contributed by atoms with Crippen molar-refractivity contribution in [1.82, 2.24) is 19.5 Å². The van der Waals surface area contributed by atoms with Crippen molar-refractivity contribution in [2.75, 3.05) is 32.7 Å². The van der Waals surface area contributed by atoms with Crippen LogP contribution in [-0.2, 0) is 10.0 Å². The van der Waals surface area contributed by atoms with E-state index >= 15 is 0 Å². The molecule has 1 fully saturated rings. The molecule has 2 aromatic rings. The van der Waals surface area contributed by atoms with Crippen molar-refractivity contribution in [3.05, 3.63) is 28.7 Å². The Balaban J connectivity index is 1.72. The smallest absolute Gasteiger partial charge is 0.408 e. The summed E-state index contributed by atoms with van der Waals surface area (Å²) in [4.78, 5) is 27.3. The van der Waals surface area contributed by atoms with Crippen molar-refractivity contribution in [2.24, 2.45) is 0 Å². The summed E-state index contributed by atoms with van der Waals surface area (Å²) in [6.07, 6.45) is 0.846. The Morgan fingerprint density at radius 3 is 2.68 bits per heavy atom. The second kappa shape index (κ2) is 6.89. The molecule has 0 spiro atoms. The van der Waals surface area contributed by atoms with Gasteiger partial charge < -0.3 is 14.6 Å². The van der Waals surface area contributed by atoms with Crippen molar-refractivity contribution in [3.8, 4) is 0 Å². The van der Waals surface area contributed by atoms with E-state index in [0.717, 1.165) is 6.42 Å². The van der Waals surface area contributed by atoms with E-state index in [-0.39, 0.29) is 24.0 Å². The fourth-order valence-electron chi connectivity index (χ4n) is 2.72. The second-order valence-corrected chi connectivity index (χ2v) is 7.73. The highest BCUT2D eigenvalue weighted by molar-refractivity contribution is 7.89. The van der Waals surface area contributed by atoms with Gasteiger partial charge in [-0.1, -0.05) is 6.92 Å². The van der Waals surface area contributed by atoms with Crippen molar-refractivity contribution >= 4 is 27.2 Å². The van der Waals surface area contributed by atoms with Gasteiger partial charge in [-0.3, -0.25) is 4.98 Å². The number of nitrogens with one attached hydrogen (secondary N) is 2. The molecule has 136 valence electrons. The van der Waals surface area contributed by atoms with Gasteiger partial charge in [-0.2, -0.15) is 4.31 Å². The van der Waals surface area contributed by atoms with Crippen LogP contribution in [-0.4, -0.2) is 61.4 Å². The topological polar surface area (TPSA) is 116 Å². The molecule has 2 heterocycles. The fraction of sp³-hybridized carbons (Fsp3) is 0.467. The third kappa shape index (κ3) is 3.54. The molecule has 2 amide bonds. The first-order valence-electron chi connectivity index (χ1n) is 8.07. The molecule has 0 unspecified atom stereocenters. The molecule has 2 N–H and O–H groups in total. The highest BCUT2D eigenvalue weighted by Crippen LogP contribution is 2.21. The van der Waals surface area contributed by atoms with Crippen LogP contribution in [0.15, 0.2) is 32.3 Å². The molecule has 25 heavy (non-hydrogen) atoms. The maximum Gasteiger partial charge on any atom is 0.417 e. The number of urea groups is 1. The van der Waals surface area contributed by atoms with E-state index in [1.807, 2.05) is 6.92 Å². The van der Waals surface area contributed by atoms with Crippen LogP contribution in [0, 0.1) is 0 Å². The van der Waals surface area contributed by atoms with Crippen LogP contribution >= 0.6 is 0 Å². The minimum Gasteiger partial charge on any atom is -0.408 e. The van der Waals surface area contributed by atoms with Crippen LogP contribution in [0.2, 0.25) is 0 Å². The highest BCUT2D eigenvalue weighted by Gasteiger charge is 2.30. The Hall–Kier alpha value is -2.33. The number of piperazine rings is 1. The number of H-pyrrole nitrogens is 1. The number of hydrogen-bond donors (Lipinski definition) is 2. The molecule has 0 atom stereocenters.